The van der Waals surface area contributed by atoms with Crippen molar-refractivity contribution in [3.05, 3.63) is 74.2 Å². The number of hydrogen-bond acceptors (Lipinski definition) is 5. The minimum Gasteiger partial charge on any atom is -0.493 e. The molecule has 2 aromatic carbocycles. The van der Waals surface area contributed by atoms with E-state index in [-0.39, 0.29) is 12.2 Å². The molecule has 0 spiro atoms. The third-order valence-electron chi connectivity index (χ3n) is 3.90. The molecule has 0 aliphatic heterocycles. The first kappa shape index (κ1) is 20.1. The predicted molar refractivity (Wildman–Crippen MR) is 115 cm³/mol. The van der Waals surface area contributed by atoms with E-state index >= 15 is 0 Å². The highest BCUT2D eigenvalue weighted by atomic mass is 79.9. The Labute approximate surface area is 175 Å². The smallest absolute Gasteiger partial charge is 0.282 e. The van der Waals surface area contributed by atoms with Crippen molar-refractivity contribution in [2.45, 2.75) is 6.92 Å². The largest absolute Gasteiger partial charge is 0.493 e. The van der Waals surface area contributed by atoms with Gasteiger partial charge in [-0.2, -0.15) is 9.78 Å². The number of methoxy groups -OCH3 is 1. The summed E-state index contributed by atoms with van der Waals surface area (Å²) in [6.45, 7) is 5.65. The van der Waals surface area contributed by atoms with Crippen molar-refractivity contribution in [2.24, 2.45) is 5.10 Å². The standard InChI is InChI=1S/C20H17BrClN3O3/c1-4-7-28-19-13(8-15(22)10-18(19)27-3)11-23-25-12(2)24-17-6-5-14(21)9-16(17)20(25)26/h4-6,8-11H,1,7H2,2-3H3. The lowest BCUT2D eigenvalue weighted by Gasteiger charge is -2.13. The third kappa shape index (κ3) is 4.10. The number of fused-ring (bicyclic) bond motifs is 1. The summed E-state index contributed by atoms with van der Waals surface area (Å²) in [6.07, 6.45) is 3.11. The SMILES string of the molecule is C=CCOc1c(C=Nn2c(C)nc3ccc(Br)cc3c2=O)cc(Cl)cc1OC. The normalized spacial score (nSPS) is 11.1. The van der Waals surface area contributed by atoms with Crippen LogP contribution in [0.2, 0.25) is 5.02 Å². The van der Waals surface area contributed by atoms with Gasteiger partial charge in [0.25, 0.3) is 5.56 Å². The Morgan fingerprint density at radius 2 is 2.14 bits per heavy atom. The van der Waals surface area contributed by atoms with Crippen molar-refractivity contribution in [1.29, 1.82) is 0 Å². The molecule has 0 amide bonds. The molecule has 0 aliphatic carbocycles. The van der Waals surface area contributed by atoms with Crippen molar-refractivity contribution in [3.8, 4) is 11.5 Å². The number of aromatic nitrogens is 2. The summed E-state index contributed by atoms with van der Waals surface area (Å²) >= 11 is 9.55. The predicted octanol–water partition coefficient (Wildman–Crippen LogP) is 4.58. The zero-order valence-corrected chi connectivity index (χ0v) is 17.6. The van der Waals surface area contributed by atoms with Gasteiger partial charge in [-0.05, 0) is 31.2 Å². The van der Waals surface area contributed by atoms with E-state index in [0.29, 0.717) is 38.8 Å². The van der Waals surface area contributed by atoms with Crippen LogP contribution >= 0.6 is 27.5 Å². The van der Waals surface area contributed by atoms with Gasteiger partial charge in [-0.3, -0.25) is 4.79 Å². The second-order valence-corrected chi connectivity index (χ2v) is 7.16. The molecule has 0 aliphatic rings. The average Bonchev–Trinajstić information content (AvgIpc) is 2.67. The molecule has 0 saturated carbocycles. The maximum atomic E-state index is 12.9. The minimum absolute atomic E-state index is 0.275. The molecule has 0 unspecified atom stereocenters. The Kier molecular flexibility index (Phi) is 6.16. The molecule has 28 heavy (non-hydrogen) atoms. The number of halogens is 2. The highest BCUT2D eigenvalue weighted by Crippen LogP contribution is 2.34. The molecule has 6 nitrogen and oxygen atoms in total. The maximum absolute atomic E-state index is 12.9. The van der Waals surface area contributed by atoms with Crippen molar-refractivity contribution >= 4 is 44.6 Å². The summed E-state index contributed by atoms with van der Waals surface area (Å²) in [5, 5.41) is 5.24. The first-order chi connectivity index (χ1) is 13.4. The number of aryl methyl sites for hydroxylation is 1. The number of hydrogen-bond donors (Lipinski definition) is 0. The number of benzene rings is 2. The second-order valence-electron chi connectivity index (χ2n) is 5.81. The van der Waals surface area contributed by atoms with E-state index in [0.717, 1.165) is 4.47 Å². The molecule has 1 heterocycles. The molecule has 1 aromatic heterocycles. The molecule has 0 fully saturated rings. The number of rotatable bonds is 6. The molecule has 0 atom stereocenters. The van der Waals surface area contributed by atoms with Gasteiger partial charge >= 0.3 is 0 Å². The van der Waals surface area contributed by atoms with Gasteiger partial charge in [-0.1, -0.05) is 40.2 Å². The first-order valence-electron chi connectivity index (χ1n) is 8.29. The quantitative estimate of drug-likeness (QED) is 0.397. The molecular weight excluding hydrogens is 446 g/mol. The summed E-state index contributed by atoms with van der Waals surface area (Å²) in [7, 11) is 1.52. The van der Waals surface area contributed by atoms with Crippen molar-refractivity contribution in [1.82, 2.24) is 9.66 Å². The molecule has 8 heteroatoms. The Bertz CT molecular complexity index is 1140. The lowest BCUT2D eigenvalue weighted by Crippen LogP contribution is -2.20. The lowest BCUT2D eigenvalue weighted by molar-refractivity contribution is 0.326. The zero-order chi connectivity index (χ0) is 20.3. The fraction of sp³-hybridized carbons (Fsp3) is 0.150. The average molecular weight is 463 g/mol. The second kappa shape index (κ2) is 8.58. The molecule has 0 N–H and O–H groups in total. The molecule has 3 aromatic rings. The van der Waals surface area contributed by atoms with Gasteiger partial charge in [-0.15, -0.1) is 0 Å². The third-order valence-corrected chi connectivity index (χ3v) is 4.61. The summed E-state index contributed by atoms with van der Waals surface area (Å²) in [4.78, 5) is 17.3. The minimum atomic E-state index is -0.275. The van der Waals surface area contributed by atoms with Crippen LogP contribution in [0.1, 0.15) is 11.4 Å². The van der Waals surface area contributed by atoms with E-state index in [2.05, 4.69) is 32.6 Å². The van der Waals surface area contributed by atoms with E-state index in [1.165, 1.54) is 18.0 Å². The van der Waals surface area contributed by atoms with Crippen LogP contribution in [0, 0.1) is 6.92 Å². The van der Waals surface area contributed by atoms with Crippen LogP contribution in [0.3, 0.4) is 0 Å². The summed E-state index contributed by atoms with van der Waals surface area (Å²) in [6, 6.07) is 8.66. The topological polar surface area (TPSA) is 65.7 Å². The van der Waals surface area contributed by atoms with Crippen LogP contribution in [-0.2, 0) is 0 Å². The molecular formula is C20H17BrClN3O3. The maximum Gasteiger partial charge on any atom is 0.282 e. The van der Waals surface area contributed by atoms with Crippen LogP contribution < -0.4 is 15.0 Å². The van der Waals surface area contributed by atoms with E-state index in [1.54, 1.807) is 37.3 Å². The highest BCUT2D eigenvalue weighted by Gasteiger charge is 2.13. The Balaban J connectivity index is 2.13. The first-order valence-corrected chi connectivity index (χ1v) is 9.46. The van der Waals surface area contributed by atoms with E-state index < -0.39 is 0 Å². The molecule has 3 rings (SSSR count). The number of ether oxygens (including phenoxy) is 2. The Morgan fingerprint density at radius 3 is 2.86 bits per heavy atom. The monoisotopic (exact) mass is 461 g/mol. The van der Waals surface area contributed by atoms with E-state index in [1.807, 2.05) is 6.07 Å². The van der Waals surface area contributed by atoms with Crippen LogP contribution in [0.15, 0.2) is 57.4 Å². The van der Waals surface area contributed by atoms with Crippen molar-refractivity contribution in [2.75, 3.05) is 13.7 Å². The van der Waals surface area contributed by atoms with Gasteiger partial charge in [0.05, 0.1) is 24.2 Å². The highest BCUT2D eigenvalue weighted by molar-refractivity contribution is 9.10. The van der Waals surface area contributed by atoms with Crippen LogP contribution in [0.4, 0.5) is 0 Å². The molecule has 0 radical (unpaired) electrons. The van der Waals surface area contributed by atoms with E-state index in [4.69, 9.17) is 21.1 Å². The van der Waals surface area contributed by atoms with Crippen LogP contribution in [-0.4, -0.2) is 29.6 Å². The van der Waals surface area contributed by atoms with Gasteiger partial charge in [0, 0.05) is 21.1 Å². The van der Waals surface area contributed by atoms with Gasteiger partial charge < -0.3 is 9.47 Å². The molecule has 0 bridgehead atoms. The van der Waals surface area contributed by atoms with E-state index in [9.17, 15) is 4.79 Å². The zero-order valence-electron chi connectivity index (χ0n) is 15.3. The Hall–Kier alpha value is -2.64. The molecule has 144 valence electrons. The molecule has 0 saturated heterocycles. The van der Waals surface area contributed by atoms with Crippen molar-refractivity contribution < 1.29 is 9.47 Å². The van der Waals surface area contributed by atoms with Gasteiger partial charge in [-0.25, -0.2) is 4.98 Å². The lowest BCUT2D eigenvalue weighted by atomic mass is 10.2. The number of nitrogens with zero attached hydrogens (tertiary/aromatic N) is 3. The Morgan fingerprint density at radius 1 is 1.36 bits per heavy atom. The van der Waals surface area contributed by atoms with Crippen LogP contribution in [0.25, 0.3) is 10.9 Å². The van der Waals surface area contributed by atoms with Crippen LogP contribution in [0.5, 0.6) is 11.5 Å². The summed E-state index contributed by atoms with van der Waals surface area (Å²) in [5.74, 6) is 1.37. The van der Waals surface area contributed by atoms with Gasteiger partial charge in [0.1, 0.15) is 12.4 Å². The fourth-order valence-electron chi connectivity index (χ4n) is 2.65. The summed E-state index contributed by atoms with van der Waals surface area (Å²) in [5.41, 5.74) is 0.894. The van der Waals surface area contributed by atoms with Gasteiger partial charge in [0.2, 0.25) is 0 Å². The van der Waals surface area contributed by atoms with Gasteiger partial charge in [0.15, 0.2) is 11.5 Å². The van der Waals surface area contributed by atoms with Crippen molar-refractivity contribution in [3.63, 3.8) is 0 Å². The summed E-state index contributed by atoms with van der Waals surface area (Å²) < 4.78 is 13.1. The fourth-order valence-corrected chi connectivity index (χ4v) is 3.23.